The first-order chi connectivity index (χ1) is 14.9. The molecule has 0 saturated carbocycles. The van der Waals surface area contributed by atoms with Crippen LogP contribution < -0.4 is 0 Å². The number of aromatic nitrogens is 1. The van der Waals surface area contributed by atoms with E-state index in [1.54, 1.807) is 6.07 Å². The smallest absolute Gasteiger partial charge is 0.339 e. The molecule has 4 rings (SSSR count). The van der Waals surface area contributed by atoms with Crippen molar-refractivity contribution in [3.8, 4) is 11.3 Å². The van der Waals surface area contributed by atoms with Gasteiger partial charge in [-0.2, -0.15) is 0 Å². The van der Waals surface area contributed by atoms with E-state index >= 15 is 0 Å². The Labute approximate surface area is 183 Å². The second-order valence-electron chi connectivity index (χ2n) is 8.44. The molecule has 2 aromatic carbocycles. The molecule has 0 radical (unpaired) electrons. The van der Waals surface area contributed by atoms with E-state index in [1.165, 1.54) is 0 Å². The van der Waals surface area contributed by atoms with Crippen LogP contribution in [0.3, 0.4) is 0 Å². The third-order valence-corrected chi connectivity index (χ3v) is 6.09. The van der Waals surface area contributed by atoms with Gasteiger partial charge in [-0.1, -0.05) is 48.0 Å². The number of ether oxygens (including phenoxy) is 1. The fourth-order valence-corrected chi connectivity index (χ4v) is 4.41. The maximum Gasteiger partial charge on any atom is 0.339 e. The third kappa shape index (κ3) is 4.46. The number of piperidine rings is 1. The lowest BCUT2D eigenvalue weighted by atomic mass is 9.97. The number of hydrogen-bond donors (Lipinski definition) is 0. The molecule has 1 fully saturated rings. The average Bonchev–Trinajstić information content (AvgIpc) is 2.77. The van der Waals surface area contributed by atoms with Crippen LogP contribution in [0.1, 0.15) is 49.0 Å². The van der Waals surface area contributed by atoms with E-state index in [1.807, 2.05) is 60.4 Å². The molecule has 160 valence electrons. The number of amides is 1. The summed E-state index contributed by atoms with van der Waals surface area (Å²) >= 11 is 0. The van der Waals surface area contributed by atoms with Crippen molar-refractivity contribution in [3.63, 3.8) is 0 Å². The fraction of sp³-hybridized carbons (Fsp3) is 0.346. The van der Waals surface area contributed by atoms with Gasteiger partial charge in [-0.25, -0.2) is 9.78 Å². The zero-order valence-electron chi connectivity index (χ0n) is 18.3. The van der Waals surface area contributed by atoms with Crippen LogP contribution in [0.4, 0.5) is 0 Å². The van der Waals surface area contributed by atoms with Gasteiger partial charge in [0.1, 0.15) is 0 Å². The Morgan fingerprint density at radius 1 is 1.03 bits per heavy atom. The summed E-state index contributed by atoms with van der Waals surface area (Å²) < 4.78 is 5.50. The minimum absolute atomic E-state index is 0.134. The van der Waals surface area contributed by atoms with E-state index in [2.05, 4.69) is 13.8 Å². The van der Waals surface area contributed by atoms with Gasteiger partial charge in [0.15, 0.2) is 6.61 Å². The van der Waals surface area contributed by atoms with Crippen molar-refractivity contribution in [1.29, 1.82) is 0 Å². The average molecular weight is 417 g/mol. The van der Waals surface area contributed by atoms with Gasteiger partial charge in [0, 0.05) is 23.0 Å². The number of pyridine rings is 1. The summed E-state index contributed by atoms with van der Waals surface area (Å²) in [5.74, 6) is -0.636. The van der Waals surface area contributed by atoms with Crippen molar-refractivity contribution in [2.24, 2.45) is 0 Å². The molecule has 0 aliphatic carbocycles. The van der Waals surface area contributed by atoms with Crippen LogP contribution in [0.25, 0.3) is 22.2 Å². The molecule has 0 unspecified atom stereocenters. The van der Waals surface area contributed by atoms with E-state index in [4.69, 9.17) is 9.72 Å². The first-order valence-electron chi connectivity index (χ1n) is 10.9. The van der Waals surface area contributed by atoms with Gasteiger partial charge in [-0.3, -0.25) is 4.79 Å². The highest BCUT2D eigenvalue weighted by Gasteiger charge is 2.29. The van der Waals surface area contributed by atoms with Crippen molar-refractivity contribution >= 4 is 22.8 Å². The third-order valence-electron chi connectivity index (χ3n) is 6.09. The van der Waals surface area contributed by atoms with Crippen molar-refractivity contribution in [1.82, 2.24) is 9.88 Å². The molecule has 2 atom stereocenters. The van der Waals surface area contributed by atoms with Crippen LogP contribution in [0.5, 0.6) is 0 Å². The summed E-state index contributed by atoms with van der Waals surface area (Å²) in [6.45, 7) is 5.89. The van der Waals surface area contributed by atoms with Crippen molar-refractivity contribution in [3.05, 3.63) is 65.7 Å². The summed E-state index contributed by atoms with van der Waals surface area (Å²) in [7, 11) is 0. The Balaban J connectivity index is 1.59. The molecule has 1 aliphatic heterocycles. The van der Waals surface area contributed by atoms with E-state index < -0.39 is 5.97 Å². The van der Waals surface area contributed by atoms with E-state index in [-0.39, 0.29) is 24.6 Å². The molecule has 0 bridgehead atoms. The quantitative estimate of drug-likeness (QED) is 0.552. The molecule has 5 nitrogen and oxygen atoms in total. The van der Waals surface area contributed by atoms with Gasteiger partial charge in [-0.15, -0.1) is 0 Å². The largest absolute Gasteiger partial charge is 0.452 e. The Morgan fingerprint density at radius 3 is 2.42 bits per heavy atom. The molecular formula is C26H28N2O3. The molecule has 0 N–H and O–H groups in total. The van der Waals surface area contributed by atoms with E-state index in [0.29, 0.717) is 11.3 Å². The molecular weight excluding hydrogens is 388 g/mol. The molecule has 3 aromatic rings. The highest BCUT2D eigenvalue weighted by molar-refractivity contribution is 6.05. The zero-order chi connectivity index (χ0) is 22.0. The summed E-state index contributed by atoms with van der Waals surface area (Å²) in [6, 6.07) is 17.6. The highest BCUT2D eigenvalue weighted by Crippen LogP contribution is 2.26. The van der Waals surface area contributed by atoms with Gasteiger partial charge < -0.3 is 9.64 Å². The second-order valence-corrected chi connectivity index (χ2v) is 8.44. The Kier molecular flexibility index (Phi) is 6.03. The van der Waals surface area contributed by atoms with Gasteiger partial charge in [-0.05, 0) is 52.2 Å². The number of aryl methyl sites for hydroxylation is 1. The molecule has 5 heteroatoms. The number of nitrogens with zero attached hydrogens (tertiary/aromatic N) is 2. The van der Waals surface area contributed by atoms with Crippen molar-refractivity contribution in [2.45, 2.75) is 52.1 Å². The number of esters is 1. The summed E-state index contributed by atoms with van der Waals surface area (Å²) in [5, 5.41) is 0.718. The molecule has 0 spiro atoms. The lowest BCUT2D eigenvalue weighted by Crippen LogP contribution is -2.49. The number of carbonyl (C=O) groups excluding carboxylic acids is 2. The standard InChI is InChI=1S/C26H28N2O3/c1-17-11-13-20(14-12-17)24-15-22(21-9-4-5-10-23(21)27-24)26(30)31-16-25(29)28-18(2)7-6-8-19(28)3/h4-5,9-15,18-19H,6-8,16H2,1-3H3/t18-,19-/m0/s1. The number of benzene rings is 2. The molecule has 1 saturated heterocycles. The van der Waals surface area contributed by atoms with Crippen LogP contribution >= 0.6 is 0 Å². The first kappa shape index (κ1) is 21.0. The van der Waals surface area contributed by atoms with Gasteiger partial charge in [0.25, 0.3) is 5.91 Å². The maximum absolute atomic E-state index is 13.0. The van der Waals surface area contributed by atoms with Crippen LogP contribution in [-0.2, 0) is 9.53 Å². The van der Waals surface area contributed by atoms with Crippen LogP contribution in [0, 0.1) is 6.92 Å². The van der Waals surface area contributed by atoms with Gasteiger partial charge in [0.2, 0.25) is 0 Å². The number of carbonyl (C=O) groups is 2. The minimum Gasteiger partial charge on any atom is -0.452 e. The predicted octanol–water partition coefficient (Wildman–Crippen LogP) is 5.16. The predicted molar refractivity (Wildman–Crippen MR) is 122 cm³/mol. The lowest BCUT2D eigenvalue weighted by molar-refractivity contribution is -0.140. The van der Waals surface area contributed by atoms with Crippen LogP contribution in [0.15, 0.2) is 54.6 Å². The zero-order valence-corrected chi connectivity index (χ0v) is 18.3. The second kappa shape index (κ2) is 8.88. The van der Waals surface area contributed by atoms with E-state index in [0.717, 1.165) is 41.3 Å². The normalized spacial score (nSPS) is 18.7. The molecule has 1 aliphatic rings. The summed E-state index contributed by atoms with van der Waals surface area (Å²) in [6.07, 6.45) is 3.09. The van der Waals surface area contributed by atoms with Crippen molar-refractivity contribution < 1.29 is 14.3 Å². The number of likely N-dealkylation sites (tertiary alicyclic amines) is 1. The molecule has 1 aromatic heterocycles. The van der Waals surface area contributed by atoms with Crippen molar-refractivity contribution in [2.75, 3.05) is 6.61 Å². The molecule has 2 heterocycles. The highest BCUT2D eigenvalue weighted by atomic mass is 16.5. The number of rotatable bonds is 4. The Morgan fingerprint density at radius 2 is 1.71 bits per heavy atom. The number of fused-ring (bicyclic) bond motifs is 1. The Bertz CT molecular complexity index is 1100. The summed E-state index contributed by atoms with van der Waals surface area (Å²) in [5.41, 5.74) is 3.93. The maximum atomic E-state index is 13.0. The summed E-state index contributed by atoms with van der Waals surface area (Å²) in [4.78, 5) is 32.4. The topological polar surface area (TPSA) is 59.5 Å². The minimum atomic E-state index is -0.502. The fourth-order valence-electron chi connectivity index (χ4n) is 4.41. The number of para-hydroxylation sites is 1. The molecule has 31 heavy (non-hydrogen) atoms. The Hall–Kier alpha value is -3.21. The SMILES string of the molecule is Cc1ccc(-c2cc(C(=O)OCC(=O)N3[C@@H](C)CCC[C@@H]3C)c3ccccc3n2)cc1. The monoisotopic (exact) mass is 416 g/mol. The lowest BCUT2D eigenvalue weighted by Gasteiger charge is -2.38. The van der Waals surface area contributed by atoms with Crippen LogP contribution in [0.2, 0.25) is 0 Å². The number of hydrogen-bond acceptors (Lipinski definition) is 4. The van der Waals surface area contributed by atoms with E-state index in [9.17, 15) is 9.59 Å². The van der Waals surface area contributed by atoms with Gasteiger partial charge >= 0.3 is 5.97 Å². The van der Waals surface area contributed by atoms with Crippen LogP contribution in [-0.4, -0.2) is 40.5 Å². The van der Waals surface area contributed by atoms with Gasteiger partial charge in [0.05, 0.1) is 16.8 Å². The first-order valence-corrected chi connectivity index (χ1v) is 10.9. The molecule has 1 amide bonds.